The van der Waals surface area contributed by atoms with Crippen LogP contribution in [-0.2, 0) is 4.79 Å². The van der Waals surface area contributed by atoms with Crippen molar-refractivity contribution in [3.8, 4) is 0 Å². The van der Waals surface area contributed by atoms with Gasteiger partial charge in [-0.2, -0.15) is 0 Å². The molecule has 1 aliphatic heterocycles. The molecule has 3 N–H and O–H groups in total. The Morgan fingerprint density at radius 3 is 2.69 bits per heavy atom. The van der Waals surface area contributed by atoms with Crippen molar-refractivity contribution in [3.63, 3.8) is 0 Å². The normalized spacial score (nSPS) is 18.7. The van der Waals surface area contributed by atoms with Gasteiger partial charge in [0.15, 0.2) is 0 Å². The van der Waals surface area contributed by atoms with Crippen LogP contribution in [0.3, 0.4) is 0 Å². The van der Waals surface area contributed by atoms with Crippen LogP contribution in [-0.4, -0.2) is 23.9 Å². The highest BCUT2D eigenvalue weighted by Crippen LogP contribution is 2.35. The molecule has 1 heterocycles. The molecule has 0 aromatic heterocycles. The number of nitrogens with two attached hydrogens (primary N) is 1. The number of carbonyl (C=O) groups excluding carboxylic acids is 1. The molecule has 86 valence electrons. The van der Waals surface area contributed by atoms with Crippen LogP contribution < -0.4 is 11.1 Å². The minimum atomic E-state index is -0.187. The van der Waals surface area contributed by atoms with Gasteiger partial charge in [0.25, 0.3) is 0 Å². The SMILES string of the molecule is CCN(CC)C1C(=O)Nc2ccc(N)cc21. The summed E-state index contributed by atoms with van der Waals surface area (Å²) in [6.07, 6.45) is 0. The lowest BCUT2D eigenvalue weighted by Crippen LogP contribution is -2.32. The highest BCUT2D eigenvalue weighted by molar-refractivity contribution is 6.02. The summed E-state index contributed by atoms with van der Waals surface area (Å²) in [6, 6.07) is 5.37. The maximum atomic E-state index is 11.9. The molecule has 0 bridgehead atoms. The van der Waals surface area contributed by atoms with Gasteiger partial charge in [-0.3, -0.25) is 9.69 Å². The molecule has 4 nitrogen and oxygen atoms in total. The minimum Gasteiger partial charge on any atom is -0.399 e. The summed E-state index contributed by atoms with van der Waals surface area (Å²) in [6.45, 7) is 5.81. The fourth-order valence-electron chi connectivity index (χ4n) is 2.21. The molecule has 0 radical (unpaired) electrons. The summed E-state index contributed by atoms with van der Waals surface area (Å²) < 4.78 is 0. The van der Waals surface area contributed by atoms with Gasteiger partial charge in [0.2, 0.25) is 5.91 Å². The monoisotopic (exact) mass is 219 g/mol. The Morgan fingerprint density at radius 2 is 2.06 bits per heavy atom. The Balaban J connectivity index is 2.41. The van der Waals surface area contributed by atoms with Gasteiger partial charge < -0.3 is 11.1 Å². The molecule has 0 fully saturated rings. The molecule has 1 atom stereocenters. The fourth-order valence-corrected chi connectivity index (χ4v) is 2.21. The Kier molecular flexibility index (Phi) is 2.83. The highest BCUT2D eigenvalue weighted by Gasteiger charge is 2.33. The Bertz CT molecular complexity index is 413. The molecule has 1 aliphatic rings. The van der Waals surface area contributed by atoms with Crippen LogP contribution in [0.5, 0.6) is 0 Å². The maximum Gasteiger partial charge on any atom is 0.246 e. The lowest BCUT2D eigenvalue weighted by molar-refractivity contribution is -0.120. The number of hydrogen-bond donors (Lipinski definition) is 2. The zero-order valence-corrected chi connectivity index (χ0v) is 9.66. The van der Waals surface area contributed by atoms with Crippen molar-refractivity contribution < 1.29 is 4.79 Å². The number of nitrogens with zero attached hydrogens (tertiary/aromatic N) is 1. The number of nitrogens with one attached hydrogen (secondary N) is 1. The van der Waals surface area contributed by atoms with Crippen LogP contribution in [0.2, 0.25) is 0 Å². The first kappa shape index (κ1) is 11.0. The van der Waals surface area contributed by atoms with Crippen LogP contribution in [0.15, 0.2) is 18.2 Å². The van der Waals surface area contributed by atoms with E-state index in [2.05, 4.69) is 24.1 Å². The van der Waals surface area contributed by atoms with Crippen LogP contribution in [0.25, 0.3) is 0 Å². The third-order valence-corrected chi connectivity index (χ3v) is 3.05. The molecule has 1 unspecified atom stereocenters. The topological polar surface area (TPSA) is 58.4 Å². The predicted octanol–water partition coefficient (Wildman–Crippen LogP) is 1.60. The molecule has 4 heteroatoms. The van der Waals surface area contributed by atoms with E-state index in [0.29, 0.717) is 5.69 Å². The molecule has 1 aromatic carbocycles. The largest absolute Gasteiger partial charge is 0.399 e. The maximum absolute atomic E-state index is 11.9. The predicted molar refractivity (Wildman–Crippen MR) is 65.1 cm³/mol. The van der Waals surface area contributed by atoms with E-state index in [0.717, 1.165) is 24.3 Å². The van der Waals surface area contributed by atoms with Crippen molar-refractivity contribution in [2.45, 2.75) is 19.9 Å². The molecular formula is C12H17N3O. The number of hydrogen-bond acceptors (Lipinski definition) is 3. The number of likely N-dealkylation sites (N-methyl/N-ethyl adjacent to an activating group) is 1. The first-order valence-electron chi connectivity index (χ1n) is 5.61. The summed E-state index contributed by atoms with van der Waals surface area (Å²) in [4.78, 5) is 14.0. The van der Waals surface area contributed by atoms with Crippen molar-refractivity contribution in [2.24, 2.45) is 0 Å². The van der Waals surface area contributed by atoms with Gasteiger partial charge in [0.05, 0.1) is 0 Å². The van der Waals surface area contributed by atoms with E-state index in [1.54, 1.807) is 0 Å². The Morgan fingerprint density at radius 1 is 1.38 bits per heavy atom. The zero-order valence-electron chi connectivity index (χ0n) is 9.66. The summed E-state index contributed by atoms with van der Waals surface area (Å²) in [7, 11) is 0. The molecule has 0 spiro atoms. The van der Waals surface area contributed by atoms with E-state index in [-0.39, 0.29) is 11.9 Å². The van der Waals surface area contributed by atoms with Gasteiger partial charge in [-0.05, 0) is 31.3 Å². The molecule has 0 saturated heterocycles. The van der Waals surface area contributed by atoms with E-state index < -0.39 is 0 Å². The van der Waals surface area contributed by atoms with Gasteiger partial charge in [-0.25, -0.2) is 0 Å². The molecular weight excluding hydrogens is 202 g/mol. The number of nitrogen functional groups attached to an aromatic ring is 1. The molecule has 0 aliphatic carbocycles. The standard InChI is InChI=1S/C12H17N3O/c1-3-15(4-2)11-9-7-8(13)5-6-10(9)14-12(11)16/h5-7,11H,3-4,13H2,1-2H3,(H,14,16). The van der Waals surface area contributed by atoms with Crippen molar-refractivity contribution in [3.05, 3.63) is 23.8 Å². The number of anilines is 2. The third-order valence-electron chi connectivity index (χ3n) is 3.05. The lowest BCUT2D eigenvalue weighted by atomic mass is 10.1. The van der Waals surface area contributed by atoms with E-state index in [4.69, 9.17) is 5.73 Å². The van der Waals surface area contributed by atoms with E-state index >= 15 is 0 Å². The number of benzene rings is 1. The van der Waals surface area contributed by atoms with Crippen molar-refractivity contribution in [1.29, 1.82) is 0 Å². The highest BCUT2D eigenvalue weighted by atomic mass is 16.2. The van der Waals surface area contributed by atoms with Crippen molar-refractivity contribution in [1.82, 2.24) is 4.90 Å². The first-order valence-corrected chi connectivity index (χ1v) is 5.61. The van der Waals surface area contributed by atoms with Crippen molar-refractivity contribution in [2.75, 3.05) is 24.1 Å². The quantitative estimate of drug-likeness (QED) is 0.759. The van der Waals surface area contributed by atoms with E-state index in [1.165, 1.54) is 0 Å². The average Bonchev–Trinajstić information content (AvgIpc) is 2.58. The smallest absolute Gasteiger partial charge is 0.246 e. The number of amides is 1. The molecule has 0 saturated carbocycles. The Labute approximate surface area is 95.4 Å². The van der Waals surface area contributed by atoms with E-state index in [9.17, 15) is 4.79 Å². The van der Waals surface area contributed by atoms with Gasteiger partial charge >= 0.3 is 0 Å². The average molecular weight is 219 g/mol. The van der Waals surface area contributed by atoms with Gasteiger partial charge in [-0.15, -0.1) is 0 Å². The molecule has 16 heavy (non-hydrogen) atoms. The summed E-state index contributed by atoms with van der Waals surface area (Å²) in [5.41, 5.74) is 8.34. The minimum absolute atomic E-state index is 0.0456. The molecule has 2 rings (SSSR count). The summed E-state index contributed by atoms with van der Waals surface area (Å²) in [5.74, 6) is 0.0456. The number of rotatable bonds is 3. The first-order chi connectivity index (χ1) is 7.67. The van der Waals surface area contributed by atoms with Gasteiger partial charge in [0.1, 0.15) is 6.04 Å². The number of fused-ring (bicyclic) bond motifs is 1. The summed E-state index contributed by atoms with van der Waals surface area (Å²) >= 11 is 0. The lowest BCUT2D eigenvalue weighted by Gasteiger charge is -2.24. The fraction of sp³-hybridized carbons (Fsp3) is 0.417. The second-order valence-corrected chi connectivity index (χ2v) is 3.96. The second kappa shape index (κ2) is 4.14. The second-order valence-electron chi connectivity index (χ2n) is 3.96. The van der Waals surface area contributed by atoms with Crippen LogP contribution in [0.1, 0.15) is 25.5 Å². The van der Waals surface area contributed by atoms with Crippen LogP contribution >= 0.6 is 0 Å². The molecule has 1 amide bonds. The summed E-state index contributed by atoms with van der Waals surface area (Å²) in [5, 5.41) is 2.89. The van der Waals surface area contributed by atoms with Gasteiger partial charge in [0, 0.05) is 16.9 Å². The van der Waals surface area contributed by atoms with Crippen LogP contribution in [0, 0.1) is 0 Å². The Hall–Kier alpha value is -1.55. The van der Waals surface area contributed by atoms with Crippen molar-refractivity contribution >= 4 is 17.3 Å². The van der Waals surface area contributed by atoms with Crippen LogP contribution in [0.4, 0.5) is 11.4 Å². The number of carbonyl (C=O) groups is 1. The molecule has 1 aromatic rings. The van der Waals surface area contributed by atoms with E-state index in [1.807, 2.05) is 18.2 Å². The zero-order chi connectivity index (χ0) is 11.7. The van der Waals surface area contributed by atoms with Gasteiger partial charge in [-0.1, -0.05) is 13.8 Å². The third kappa shape index (κ3) is 1.65.